The summed E-state index contributed by atoms with van der Waals surface area (Å²) in [6.07, 6.45) is 3.73. The highest BCUT2D eigenvalue weighted by Gasteiger charge is 2.09. The van der Waals surface area contributed by atoms with Crippen LogP contribution in [0.1, 0.15) is 31.7 Å². The predicted octanol–water partition coefficient (Wildman–Crippen LogP) is 2.43. The van der Waals surface area contributed by atoms with Gasteiger partial charge in [0.15, 0.2) is 0 Å². The molecule has 0 saturated heterocycles. The number of para-hydroxylation sites is 1. The lowest BCUT2D eigenvalue weighted by Gasteiger charge is -2.13. The maximum Gasteiger partial charge on any atom is 0.226 e. The lowest BCUT2D eigenvalue weighted by Crippen LogP contribution is -2.16. The van der Waals surface area contributed by atoms with Crippen LogP contribution in [0.2, 0.25) is 0 Å². The lowest BCUT2D eigenvalue weighted by atomic mass is 10.0. The Labute approximate surface area is 112 Å². The van der Waals surface area contributed by atoms with Gasteiger partial charge in [-0.3, -0.25) is 9.48 Å². The first-order valence-electron chi connectivity index (χ1n) is 6.39. The van der Waals surface area contributed by atoms with Crippen LogP contribution in [0.3, 0.4) is 0 Å². The Balaban J connectivity index is 1.95. The average Bonchev–Trinajstić information content (AvgIpc) is 2.90. The molecule has 0 atom stereocenters. The van der Waals surface area contributed by atoms with Crippen LogP contribution in [0.4, 0.5) is 5.69 Å². The third kappa shape index (κ3) is 3.64. The number of hydrogen-bond donors (Lipinski definition) is 1. The third-order valence-electron chi connectivity index (χ3n) is 2.90. The number of nitrogens with one attached hydrogen (secondary N) is 1. The van der Waals surface area contributed by atoms with Gasteiger partial charge in [-0.05, 0) is 17.5 Å². The summed E-state index contributed by atoms with van der Waals surface area (Å²) in [6, 6.07) is 7.89. The first kappa shape index (κ1) is 13.3. The van der Waals surface area contributed by atoms with Crippen LogP contribution in [-0.2, 0) is 11.3 Å². The molecule has 2 aromatic rings. The molecule has 0 fully saturated rings. The van der Waals surface area contributed by atoms with Crippen molar-refractivity contribution < 1.29 is 4.79 Å². The zero-order chi connectivity index (χ0) is 13.7. The van der Waals surface area contributed by atoms with Crippen LogP contribution in [0, 0.1) is 0 Å². The van der Waals surface area contributed by atoms with E-state index in [0.717, 1.165) is 11.3 Å². The van der Waals surface area contributed by atoms with Gasteiger partial charge < -0.3 is 5.32 Å². The summed E-state index contributed by atoms with van der Waals surface area (Å²) in [4.78, 5) is 11.9. The number of carbonyl (C=O) groups excluding carboxylic acids is 1. The highest BCUT2D eigenvalue weighted by atomic mass is 16.1. The molecule has 0 aliphatic rings. The zero-order valence-corrected chi connectivity index (χ0v) is 11.2. The number of benzene rings is 1. The average molecular weight is 258 g/mol. The van der Waals surface area contributed by atoms with E-state index in [4.69, 9.17) is 0 Å². The molecule has 1 N–H and O–H groups in total. The first-order chi connectivity index (χ1) is 9.16. The van der Waals surface area contributed by atoms with E-state index < -0.39 is 0 Å². The van der Waals surface area contributed by atoms with Crippen molar-refractivity contribution in [1.82, 2.24) is 15.0 Å². The summed E-state index contributed by atoms with van der Waals surface area (Å²) in [6.45, 7) is 4.76. The Kier molecular flexibility index (Phi) is 4.28. The highest BCUT2D eigenvalue weighted by Crippen LogP contribution is 2.23. The van der Waals surface area contributed by atoms with Gasteiger partial charge in [-0.2, -0.15) is 0 Å². The quantitative estimate of drug-likeness (QED) is 0.896. The van der Waals surface area contributed by atoms with E-state index >= 15 is 0 Å². The molecule has 1 heterocycles. The van der Waals surface area contributed by atoms with Gasteiger partial charge in [0.1, 0.15) is 0 Å². The second kappa shape index (κ2) is 6.13. The second-order valence-corrected chi connectivity index (χ2v) is 4.71. The van der Waals surface area contributed by atoms with Crippen molar-refractivity contribution in [2.24, 2.45) is 0 Å². The van der Waals surface area contributed by atoms with Gasteiger partial charge in [0.05, 0.1) is 12.7 Å². The van der Waals surface area contributed by atoms with Crippen LogP contribution in [0.25, 0.3) is 0 Å². The molecular weight excluding hydrogens is 240 g/mol. The Hall–Kier alpha value is -2.17. The minimum absolute atomic E-state index is 0.0106. The maximum absolute atomic E-state index is 11.9. The van der Waals surface area contributed by atoms with Crippen molar-refractivity contribution >= 4 is 11.6 Å². The SMILES string of the molecule is CC(C)c1ccccc1NC(=O)CCn1ccnn1. The van der Waals surface area contributed by atoms with Crippen molar-refractivity contribution in [2.75, 3.05) is 5.32 Å². The van der Waals surface area contributed by atoms with E-state index in [1.165, 1.54) is 0 Å². The molecule has 1 aromatic heterocycles. The molecule has 0 aliphatic carbocycles. The minimum Gasteiger partial charge on any atom is -0.326 e. The summed E-state index contributed by atoms with van der Waals surface area (Å²) in [5.41, 5.74) is 2.04. The largest absolute Gasteiger partial charge is 0.326 e. The molecule has 0 radical (unpaired) electrons. The molecule has 0 bridgehead atoms. The van der Waals surface area contributed by atoms with Crippen LogP contribution in [-0.4, -0.2) is 20.9 Å². The van der Waals surface area contributed by atoms with Gasteiger partial charge in [-0.15, -0.1) is 5.10 Å². The summed E-state index contributed by atoms with van der Waals surface area (Å²) >= 11 is 0. The Bertz CT molecular complexity index is 534. The normalized spacial score (nSPS) is 10.7. The van der Waals surface area contributed by atoms with Crippen LogP contribution in [0.15, 0.2) is 36.7 Å². The van der Waals surface area contributed by atoms with Gasteiger partial charge in [0.25, 0.3) is 0 Å². The smallest absolute Gasteiger partial charge is 0.226 e. The Morgan fingerprint density at radius 3 is 2.84 bits per heavy atom. The summed E-state index contributed by atoms with van der Waals surface area (Å²) in [7, 11) is 0. The molecule has 5 heteroatoms. The van der Waals surface area contributed by atoms with Crippen molar-refractivity contribution in [2.45, 2.75) is 32.7 Å². The van der Waals surface area contributed by atoms with E-state index in [0.29, 0.717) is 18.9 Å². The number of anilines is 1. The summed E-state index contributed by atoms with van der Waals surface area (Å²) in [5, 5.41) is 10.5. The standard InChI is InChI=1S/C14H18N4O/c1-11(2)12-5-3-4-6-13(12)16-14(19)7-9-18-10-8-15-17-18/h3-6,8,10-11H,7,9H2,1-2H3,(H,16,19). The van der Waals surface area contributed by atoms with Crippen LogP contribution < -0.4 is 5.32 Å². The number of aryl methyl sites for hydroxylation is 1. The lowest BCUT2D eigenvalue weighted by molar-refractivity contribution is -0.116. The van der Waals surface area contributed by atoms with Crippen molar-refractivity contribution in [3.05, 3.63) is 42.2 Å². The molecule has 1 amide bonds. The molecule has 19 heavy (non-hydrogen) atoms. The van der Waals surface area contributed by atoms with Gasteiger partial charge in [0.2, 0.25) is 5.91 Å². The van der Waals surface area contributed by atoms with Gasteiger partial charge >= 0.3 is 0 Å². The fourth-order valence-corrected chi connectivity index (χ4v) is 1.90. The zero-order valence-electron chi connectivity index (χ0n) is 11.2. The molecule has 2 rings (SSSR count). The van der Waals surface area contributed by atoms with Gasteiger partial charge in [0, 0.05) is 18.3 Å². The monoisotopic (exact) mass is 258 g/mol. The first-order valence-corrected chi connectivity index (χ1v) is 6.39. The molecule has 100 valence electrons. The van der Waals surface area contributed by atoms with E-state index in [1.807, 2.05) is 24.3 Å². The second-order valence-electron chi connectivity index (χ2n) is 4.71. The molecular formula is C14H18N4O. The molecule has 0 saturated carbocycles. The molecule has 5 nitrogen and oxygen atoms in total. The Morgan fingerprint density at radius 2 is 2.16 bits per heavy atom. The van der Waals surface area contributed by atoms with Crippen molar-refractivity contribution in [3.63, 3.8) is 0 Å². The van der Waals surface area contributed by atoms with Crippen LogP contribution >= 0.6 is 0 Å². The van der Waals surface area contributed by atoms with E-state index in [2.05, 4.69) is 29.5 Å². The minimum atomic E-state index is -0.0106. The number of carbonyl (C=O) groups is 1. The fraction of sp³-hybridized carbons (Fsp3) is 0.357. The van der Waals surface area contributed by atoms with E-state index in [9.17, 15) is 4.79 Å². The van der Waals surface area contributed by atoms with Gasteiger partial charge in [-0.25, -0.2) is 0 Å². The highest BCUT2D eigenvalue weighted by molar-refractivity contribution is 5.91. The topological polar surface area (TPSA) is 59.8 Å². The van der Waals surface area contributed by atoms with E-state index in [-0.39, 0.29) is 5.91 Å². The van der Waals surface area contributed by atoms with Crippen molar-refractivity contribution in [1.29, 1.82) is 0 Å². The van der Waals surface area contributed by atoms with Crippen LogP contribution in [0.5, 0.6) is 0 Å². The molecule has 0 aliphatic heterocycles. The number of amides is 1. The number of nitrogens with zero attached hydrogens (tertiary/aromatic N) is 3. The maximum atomic E-state index is 11.9. The Morgan fingerprint density at radius 1 is 1.37 bits per heavy atom. The number of aromatic nitrogens is 3. The fourth-order valence-electron chi connectivity index (χ4n) is 1.90. The molecule has 0 unspecified atom stereocenters. The van der Waals surface area contributed by atoms with Crippen molar-refractivity contribution in [3.8, 4) is 0 Å². The number of hydrogen-bond acceptors (Lipinski definition) is 3. The third-order valence-corrected chi connectivity index (χ3v) is 2.90. The van der Waals surface area contributed by atoms with Gasteiger partial charge in [-0.1, -0.05) is 37.3 Å². The summed E-state index contributed by atoms with van der Waals surface area (Å²) < 4.78 is 1.65. The molecule has 1 aromatic carbocycles. The predicted molar refractivity (Wildman–Crippen MR) is 73.8 cm³/mol. The molecule has 0 spiro atoms. The summed E-state index contributed by atoms with van der Waals surface area (Å²) in [5.74, 6) is 0.371. The van der Waals surface area contributed by atoms with E-state index in [1.54, 1.807) is 17.1 Å². The number of rotatable bonds is 5.